The Balaban J connectivity index is 1.76. The van der Waals surface area contributed by atoms with Crippen LogP contribution in [0.1, 0.15) is 74.0 Å². The van der Waals surface area contributed by atoms with Gasteiger partial charge in [0.05, 0.1) is 24.3 Å². The Morgan fingerprint density at radius 1 is 1.31 bits per heavy atom. The lowest BCUT2D eigenvalue weighted by Gasteiger charge is -2.28. The zero-order valence-electron chi connectivity index (χ0n) is 18.3. The van der Waals surface area contributed by atoms with Crippen LogP contribution in [0.3, 0.4) is 0 Å². The SMILES string of the molecule is CCC(Oc1ccc(/C(N)=N/O)c(OC)c1)c1oc(C2CCC(C(F)(F)F)CC2)nc1C. The van der Waals surface area contributed by atoms with Crippen molar-refractivity contribution in [2.45, 2.75) is 64.1 Å². The number of nitrogens with zero attached hydrogens (tertiary/aromatic N) is 2. The lowest BCUT2D eigenvalue weighted by Crippen LogP contribution is -2.27. The number of aromatic nitrogens is 1. The molecule has 7 nitrogen and oxygen atoms in total. The third-order valence-corrected chi connectivity index (χ3v) is 5.89. The average Bonchev–Trinajstić information content (AvgIpc) is 3.17. The summed E-state index contributed by atoms with van der Waals surface area (Å²) in [6.07, 6.45) is -3.03. The maximum absolute atomic E-state index is 13.0. The number of methoxy groups -OCH3 is 1. The Morgan fingerprint density at radius 2 is 2.00 bits per heavy atom. The maximum Gasteiger partial charge on any atom is 0.391 e. The molecule has 3 N–H and O–H groups in total. The Hall–Kier alpha value is -2.91. The van der Waals surface area contributed by atoms with Crippen LogP contribution < -0.4 is 15.2 Å². The number of hydrogen-bond donors (Lipinski definition) is 2. The van der Waals surface area contributed by atoms with Crippen molar-refractivity contribution < 1.29 is 32.3 Å². The van der Waals surface area contributed by atoms with Gasteiger partial charge in [-0.05, 0) is 51.2 Å². The molecular formula is C22H28F3N3O4. The predicted octanol–water partition coefficient (Wildman–Crippen LogP) is 5.45. The van der Waals surface area contributed by atoms with Gasteiger partial charge in [0, 0.05) is 12.0 Å². The molecule has 0 aliphatic heterocycles. The molecule has 1 heterocycles. The van der Waals surface area contributed by atoms with Gasteiger partial charge in [0.25, 0.3) is 0 Å². The monoisotopic (exact) mass is 455 g/mol. The van der Waals surface area contributed by atoms with Gasteiger partial charge < -0.3 is 24.8 Å². The lowest BCUT2D eigenvalue weighted by atomic mass is 9.81. The highest BCUT2D eigenvalue weighted by Crippen LogP contribution is 2.43. The summed E-state index contributed by atoms with van der Waals surface area (Å²) >= 11 is 0. The van der Waals surface area contributed by atoms with Gasteiger partial charge in [-0.25, -0.2) is 4.98 Å². The fourth-order valence-corrected chi connectivity index (χ4v) is 4.07. The summed E-state index contributed by atoms with van der Waals surface area (Å²) in [6.45, 7) is 3.74. The number of benzene rings is 1. The molecule has 0 bridgehead atoms. The van der Waals surface area contributed by atoms with E-state index < -0.39 is 18.2 Å². The van der Waals surface area contributed by atoms with E-state index in [1.54, 1.807) is 25.1 Å². The van der Waals surface area contributed by atoms with Gasteiger partial charge >= 0.3 is 6.18 Å². The van der Waals surface area contributed by atoms with Crippen LogP contribution in [-0.4, -0.2) is 29.3 Å². The second-order valence-corrected chi connectivity index (χ2v) is 7.95. The quantitative estimate of drug-likeness (QED) is 0.249. The molecule has 1 atom stereocenters. The first-order valence-corrected chi connectivity index (χ1v) is 10.5. The number of hydrogen-bond acceptors (Lipinski definition) is 6. The second-order valence-electron chi connectivity index (χ2n) is 7.95. The lowest BCUT2D eigenvalue weighted by molar-refractivity contribution is -0.182. The summed E-state index contributed by atoms with van der Waals surface area (Å²) in [7, 11) is 1.46. The van der Waals surface area contributed by atoms with Crippen molar-refractivity contribution in [3.8, 4) is 11.5 Å². The first kappa shape index (κ1) is 23.7. The summed E-state index contributed by atoms with van der Waals surface area (Å²) in [5.74, 6) is 0.439. The molecule has 0 radical (unpaired) electrons. The van der Waals surface area contributed by atoms with Crippen molar-refractivity contribution in [1.82, 2.24) is 4.98 Å². The highest BCUT2D eigenvalue weighted by atomic mass is 19.4. The molecule has 1 aromatic heterocycles. The third kappa shape index (κ3) is 5.11. The highest BCUT2D eigenvalue weighted by molar-refractivity contribution is 5.99. The summed E-state index contributed by atoms with van der Waals surface area (Å²) in [4.78, 5) is 4.50. The second kappa shape index (κ2) is 9.70. The van der Waals surface area contributed by atoms with Crippen LogP contribution >= 0.6 is 0 Å². The van der Waals surface area contributed by atoms with Gasteiger partial charge in [-0.2, -0.15) is 13.2 Å². The molecule has 176 valence electrons. The normalized spacial score (nSPS) is 20.8. The fraction of sp³-hybridized carbons (Fsp3) is 0.545. The molecule has 3 rings (SSSR count). The molecule has 1 unspecified atom stereocenters. The van der Waals surface area contributed by atoms with E-state index in [4.69, 9.17) is 24.8 Å². The number of aryl methyl sites for hydroxylation is 1. The van der Waals surface area contributed by atoms with E-state index in [9.17, 15) is 13.2 Å². The Bertz CT molecular complexity index is 950. The number of nitrogens with two attached hydrogens (primary N) is 1. The third-order valence-electron chi connectivity index (χ3n) is 5.89. The molecule has 2 aromatic rings. The molecular weight excluding hydrogens is 427 g/mol. The number of oxazole rings is 1. The Morgan fingerprint density at radius 3 is 2.56 bits per heavy atom. The first-order chi connectivity index (χ1) is 15.2. The Kier molecular flexibility index (Phi) is 7.20. The zero-order chi connectivity index (χ0) is 23.5. The van der Waals surface area contributed by atoms with Crippen LogP contribution in [0.25, 0.3) is 0 Å². The van der Waals surface area contributed by atoms with Gasteiger partial charge in [-0.3, -0.25) is 0 Å². The van der Waals surface area contributed by atoms with Crippen LogP contribution in [0.4, 0.5) is 13.2 Å². The largest absolute Gasteiger partial charge is 0.496 e. The van der Waals surface area contributed by atoms with Gasteiger partial charge in [0.2, 0.25) is 0 Å². The van der Waals surface area contributed by atoms with E-state index in [1.165, 1.54) is 7.11 Å². The first-order valence-electron chi connectivity index (χ1n) is 10.5. The standard InChI is InChI=1S/C22H28F3N3O4/c1-4-17(31-15-9-10-16(20(26)28-29)18(11-15)30-3)19-12(2)27-21(32-19)13-5-7-14(8-6-13)22(23,24)25/h9-11,13-14,17,29H,4-8H2,1-3H3,(H2,26,28). The van der Waals surface area contributed by atoms with Crippen molar-refractivity contribution in [1.29, 1.82) is 0 Å². The van der Waals surface area contributed by atoms with E-state index in [2.05, 4.69) is 10.1 Å². The van der Waals surface area contributed by atoms with Crippen LogP contribution in [0.5, 0.6) is 11.5 Å². The minimum atomic E-state index is -4.14. The number of rotatable bonds is 7. The van der Waals surface area contributed by atoms with Crippen molar-refractivity contribution in [2.75, 3.05) is 7.11 Å². The van der Waals surface area contributed by atoms with Gasteiger partial charge in [0.1, 0.15) is 11.5 Å². The molecule has 1 aliphatic carbocycles. The van der Waals surface area contributed by atoms with E-state index in [0.29, 0.717) is 53.7 Å². The van der Waals surface area contributed by atoms with Gasteiger partial charge in [-0.15, -0.1) is 0 Å². The topological polar surface area (TPSA) is 103 Å². The smallest absolute Gasteiger partial charge is 0.391 e. The van der Waals surface area contributed by atoms with Crippen molar-refractivity contribution in [3.05, 3.63) is 41.1 Å². The van der Waals surface area contributed by atoms with Crippen molar-refractivity contribution in [3.63, 3.8) is 0 Å². The predicted molar refractivity (Wildman–Crippen MR) is 111 cm³/mol. The van der Waals surface area contributed by atoms with Crippen LogP contribution in [0.15, 0.2) is 27.8 Å². The summed E-state index contributed by atoms with van der Waals surface area (Å²) in [5.41, 5.74) is 6.74. The molecule has 1 aromatic carbocycles. The molecule has 10 heteroatoms. The number of amidine groups is 1. The minimum absolute atomic E-state index is 0.0867. The molecule has 0 spiro atoms. The highest BCUT2D eigenvalue weighted by Gasteiger charge is 2.42. The van der Waals surface area contributed by atoms with Gasteiger partial charge in [-0.1, -0.05) is 12.1 Å². The van der Waals surface area contributed by atoms with Crippen LogP contribution in [0.2, 0.25) is 0 Å². The summed E-state index contributed by atoms with van der Waals surface area (Å²) < 4.78 is 56.3. The van der Waals surface area contributed by atoms with Crippen LogP contribution in [-0.2, 0) is 0 Å². The van der Waals surface area contributed by atoms with E-state index >= 15 is 0 Å². The van der Waals surface area contributed by atoms with E-state index in [0.717, 1.165) is 0 Å². The summed E-state index contributed by atoms with van der Waals surface area (Å²) in [5, 5.41) is 11.9. The van der Waals surface area contributed by atoms with E-state index in [1.807, 2.05) is 6.92 Å². The number of oxime groups is 1. The average molecular weight is 455 g/mol. The molecule has 0 amide bonds. The van der Waals surface area contributed by atoms with Crippen LogP contribution in [0, 0.1) is 12.8 Å². The molecule has 1 aliphatic rings. The van der Waals surface area contributed by atoms with E-state index in [-0.39, 0.29) is 24.6 Å². The molecule has 0 saturated heterocycles. The zero-order valence-corrected chi connectivity index (χ0v) is 18.3. The van der Waals surface area contributed by atoms with Gasteiger partial charge in [0.15, 0.2) is 23.6 Å². The Labute approximate surface area is 184 Å². The molecule has 1 fully saturated rings. The van der Waals surface area contributed by atoms with Crippen molar-refractivity contribution >= 4 is 5.84 Å². The van der Waals surface area contributed by atoms with Crippen molar-refractivity contribution in [2.24, 2.45) is 16.8 Å². The minimum Gasteiger partial charge on any atom is -0.496 e. The number of ether oxygens (including phenoxy) is 2. The molecule has 32 heavy (non-hydrogen) atoms. The fourth-order valence-electron chi connectivity index (χ4n) is 4.07. The molecule has 1 saturated carbocycles. The number of halogens is 3. The maximum atomic E-state index is 13.0. The summed E-state index contributed by atoms with van der Waals surface area (Å²) in [6, 6.07) is 4.92. The number of alkyl halides is 3.